The SMILES string of the molecule is O=C(CCCCCCCCC1CO1)Oc1ccc(-c2nc3ccc(-c4ccc5nc(-c6ccc(OC(=O)CCCCCCCCC7CO7)c(OC(=O)CCCCCCCCC7CO7)c6)oc5c4)cc3o2)cc1OC(=O)CCCCCCCCC1CO1. The van der Waals surface area contributed by atoms with Gasteiger partial charge in [-0.2, -0.15) is 0 Å². The molecule has 4 aliphatic heterocycles. The van der Waals surface area contributed by atoms with E-state index in [4.69, 9.17) is 56.7 Å². The van der Waals surface area contributed by atoms with E-state index in [2.05, 4.69) is 0 Å². The van der Waals surface area contributed by atoms with Crippen molar-refractivity contribution in [3.05, 3.63) is 72.8 Å². The summed E-state index contributed by atoms with van der Waals surface area (Å²) < 4.78 is 57.7. The summed E-state index contributed by atoms with van der Waals surface area (Å²) in [7, 11) is 0. The van der Waals surface area contributed by atoms with Crippen LogP contribution >= 0.6 is 0 Å². The summed E-state index contributed by atoms with van der Waals surface area (Å²) in [4.78, 5) is 62.5. The Kier molecular flexibility index (Phi) is 24.0. The van der Waals surface area contributed by atoms with Gasteiger partial charge in [-0.05, 0) is 123 Å². The molecule has 0 spiro atoms. The molecule has 10 rings (SSSR count). The summed E-state index contributed by atoms with van der Waals surface area (Å²) in [5, 5.41) is 0. The summed E-state index contributed by atoms with van der Waals surface area (Å²) in [5.74, 6) is -0.285. The lowest BCUT2D eigenvalue weighted by Gasteiger charge is -2.12. The third-order valence-electron chi connectivity index (χ3n) is 16.6. The Bertz CT molecular complexity index is 2920. The summed E-state index contributed by atoms with van der Waals surface area (Å²) >= 11 is 0. The largest absolute Gasteiger partial charge is 0.436 e. The Balaban J connectivity index is 0.772. The van der Waals surface area contributed by atoms with E-state index in [1.807, 2.05) is 36.4 Å². The summed E-state index contributed by atoms with van der Waals surface area (Å²) in [6.45, 7) is 3.60. The number of hydrogen-bond acceptors (Lipinski definition) is 16. The topological polar surface area (TPSA) is 207 Å². The lowest BCUT2D eigenvalue weighted by molar-refractivity contribution is -0.137. The van der Waals surface area contributed by atoms with Crippen LogP contribution in [-0.2, 0) is 38.1 Å². The average molecular weight is 1180 g/mol. The van der Waals surface area contributed by atoms with E-state index in [9.17, 15) is 19.2 Å². The highest BCUT2D eigenvalue weighted by molar-refractivity contribution is 5.87. The number of esters is 4. The summed E-state index contributed by atoms with van der Waals surface area (Å²) in [5.41, 5.74) is 5.11. The molecule has 2 aromatic heterocycles. The molecule has 0 N–H and O–H groups in total. The fraction of sp³-hybridized carbons (Fsp3) is 0.571. The van der Waals surface area contributed by atoms with Gasteiger partial charge in [0.05, 0.1) is 50.8 Å². The molecule has 0 amide bonds. The van der Waals surface area contributed by atoms with Gasteiger partial charge < -0.3 is 46.7 Å². The molecule has 0 saturated carbocycles. The number of nitrogens with zero attached hydrogens (tertiary/aromatic N) is 2. The molecular weight excluding hydrogens is 1090 g/mol. The minimum Gasteiger partial charge on any atom is -0.436 e. The van der Waals surface area contributed by atoms with E-state index in [-0.39, 0.29) is 60.6 Å². The smallest absolute Gasteiger partial charge is 0.311 e. The van der Waals surface area contributed by atoms with Gasteiger partial charge in [0.25, 0.3) is 0 Å². The number of carbonyl (C=O) groups excluding carboxylic acids is 4. The van der Waals surface area contributed by atoms with Gasteiger partial charge in [-0.3, -0.25) is 19.2 Å². The molecule has 4 saturated heterocycles. The Morgan fingerprint density at radius 3 is 0.895 bits per heavy atom. The maximum Gasteiger partial charge on any atom is 0.311 e. The van der Waals surface area contributed by atoms with Gasteiger partial charge in [-0.1, -0.05) is 141 Å². The van der Waals surface area contributed by atoms with Crippen molar-refractivity contribution in [3.8, 4) is 57.0 Å². The van der Waals surface area contributed by atoms with E-state index >= 15 is 0 Å². The van der Waals surface area contributed by atoms with Crippen LogP contribution in [0.25, 0.3) is 56.2 Å². The lowest BCUT2D eigenvalue weighted by atomic mass is 10.1. The number of rotatable bonds is 43. The molecule has 0 radical (unpaired) electrons. The molecule has 4 unspecified atom stereocenters. The fourth-order valence-electron chi connectivity index (χ4n) is 11.1. The number of ether oxygens (including phenoxy) is 8. The van der Waals surface area contributed by atoms with Crippen molar-refractivity contribution in [1.82, 2.24) is 9.97 Å². The molecule has 86 heavy (non-hydrogen) atoms. The molecule has 4 atom stereocenters. The molecule has 6 heterocycles. The van der Waals surface area contributed by atoms with E-state index < -0.39 is 11.9 Å². The second kappa shape index (κ2) is 33.0. The monoisotopic (exact) mass is 1180 g/mol. The van der Waals surface area contributed by atoms with Crippen LogP contribution in [0.15, 0.2) is 81.6 Å². The van der Waals surface area contributed by atoms with Gasteiger partial charge in [-0.25, -0.2) is 9.97 Å². The third kappa shape index (κ3) is 21.4. The number of epoxide rings is 4. The van der Waals surface area contributed by atoms with Crippen LogP contribution in [0, 0.1) is 0 Å². The Labute approximate surface area is 506 Å². The van der Waals surface area contributed by atoms with Crippen molar-refractivity contribution in [1.29, 1.82) is 0 Å². The van der Waals surface area contributed by atoms with Crippen molar-refractivity contribution < 1.29 is 65.9 Å². The summed E-state index contributed by atoms with van der Waals surface area (Å²) in [6, 6.07) is 21.6. The minimum atomic E-state index is -0.395. The number of hydrogen-bond donors (Lipinski definition) is 0. The molecule has 0 bridgehead atoms. The zero-order valence-corrected chi connectivity index (χ0v) is 50.3. The Hall–Kier alpha value is -6.46. The average Bonchev–Trinajstić information content (AvgIpc) is 2.81. The molecule has 4 aliphatic rings. The van der Waals surface area contributed by atoms with Gasteiger partial charge in [0.15, 0.2) is 34.2 Å². The maximum atomic E-state index is 13.3. The number of fused-ring (bicyclic) bond motifs is 2. The number of aromatic nitrogens is 2. The molecule has 16 nitrogen and oxygen atoms in total. The van der Waals surface area contributed by atoms with Crippen LogP contribution in [-0.4, -0.2) is 84.7 Å². The van der Waals surface area contributed by atoms with E-state index in [0.717, 1.165) is 153 Å². The second-order valence-corrected chi connectivity index (χ2v) is 24.1. The first kappa shape index (κ1) is 62.6. The predicted molar refractivity (Wildman–Crippen MR) is 327 cm³/mol. The maximum absolute atomic E-state index is 13.3. The van der Waals surface area contributed by atoms with Gasteiger partial charge in [-0.15, -0.1) is 0 Å². The molecule has 16 heteroatoms. The van der Waals surface area contributed by atoms with Gasteiger partial charge >= 0.3 is 23.9 Å². The fourth-order valence-corrected chi connectivity index (χ4v) is 11.1. The molecule has 4 fully saturated rings. The van der Waals surface area contributed by atoms with E-state index in [0.29, 0.717) is 82.4 Å². The molecule has 4 aromatic carbocycles. The molecule has 6 aromatic rings. The van der Waals surface area contributed by atoms with Crippen molar-refractivity contribution in [2.24, 2.45) is 0 Å². The van der Waals surface area contributed by atoms with Gasteiger partial charge in [0.1, 0.15) is 11.0 Å². The lowest BCUT2D eigenvalue weighted by Crippen LogP contribution is -2.12. The van der Waals surface area contributed by atoms with Crippen LogP contribution < -0.4 is 18.9 Å². The number of benzene rings is 4. The third-order valence-corrected chi connectivity index (χ3v) is 16.6. The first-order chi connectivity index (χ1) is 42.2. The summed E-state index contributed by atoms with van der Waals surface area (Å²) in [6.07, 6.45) is 32.1. The van der Waals surface area contributed by atoms with E-state index in [1.165, 1.54) is 51.4 Å². The van der Waals surface area contributed by atoms with Crippen LogP contribution in [0.4, 0.5) is 0 Å². The highest BCUT2D eigenvalue weighted by Crippen LogP contribution is 2.38. The van der Waals surface area contributed by atoms with Gasteiger partial charge in [0, 0.05) is 36.8 Å². The van der Waals surface area contributed by atoms with Crippen LogP contribution in [0.1, 0.15) is 205 Å². The first-order valence-electron chi connectivity index (χ1n) is 32.6. The molecule has 462 valence electrons. The Morgan fingerprint density at radius 2 is 0.593 bits per heavy atom. The van der Waals surface area contributed by atoms with Crippen molar-refractivity contribution in [2.45, 2.75) is 230 Å². The predicted octanol–water partition coefficient (Wildman–Crippen LogP) is 16.7. The highest BCUT2D eigenvalue weighted by atomic mass is 16.6. The van der Waals surface area contributed by atoms with Crippen molar-refractivity contribution >= 4 is 46.1 Å². The zero-order chi connectivity index (χ0) is 59.1. The second-order valence-electron chi connectivity index (χ2n) is 24.1. The van der Waals surface area contributed by atoms with Crippen molar-refractivity contribution in [3.63, 3.8) is 0 Å². The van der Waals surface area contributed by atoms with Gasteiger partial charge in [0.2, 0.25) is 11.8 Å². The highest BCUT2D eigenvalue weighted by Gasteiger charge is 2.25. The van der Waals surface area contributed by atoms with Crippen LogP contribution in [0.2, 0.25) is 0 Å². The van der Waals surface area contributed by atoms with E-state index in [1.54, 1.807) is 36.4 Å². The standard InChI is InChI=1S/C70H88N2O14/c73-65(29-21-13-5-1-9-17-25-53-45-77-53)81-59-39-35-51(43-63(59)83-67(75)31-23-15-7-3-11-19-27-55-47-79-55)69-71-57-37-33-49(41-61(57)85-69)50-34-38-58-62(42-50)86-70(72-58)52-36-40-60(82-66(74)30-22-14-6-2-10-18-26-54-46-78-54)64(44-52)84-68(76)32-24-16-8-4-12-20-28-56-48-80-56/h33-44,53-56H,1-32,45-48H2. The number of carbonyl (C=O) groups is 4. The number of unbranched alkanes of at least 4 members (excludes halogenated alkanes) is 20. The minimum absolute atomic E-state index is 0.141. The molecule has 0 aliphatic carbocycles. The van der Waals surface area contributed by atoms with Crippen molar-refractivity contribution in [2.75, 3.05) is 26.4 Å². The van der Waals surface area contributed by atoms with Crippen LogP contribution in [0.5, 0.6) is 23.0 Å². The first-order valence-corrected chi connectivity index (χ1v) is 32.6. The molecular formula is C70H88N2O14. The Morgan fingerprint density at radius 1 is 0.326 bits per heavy atom. The number of oxazole rings is 2. The normalized spacial score (nSPS) is 17.4. The van der Waals surface area contributed by atoms with Crippen LogP contribution in [0.3, 0.4) is 0 Å². The quantitative estimate of drug-likeness (QED) is 0.0151. The zero-order valence-electron chi connectivity index (χ0n) is 50.3.